The van der Waals surface area contributed by atoms with Crippen molar-refractivity contribution in [1.82, 2.24) is 10.2 Å². The maximum absolute atomic E-state index is 14.5. The van der Waals surface area contributed by atoms with E-state index in [1.165, 1.54) is 36.3 Å². The fourth-order valence-corrected chi connectivity index (χ4v) is 6.52. The van der Waals surface area contributed by atoms with E-state index in [0.29, 0.717) is 22.3 Å². The summed E-state index contributed by atoms with van der Waals surface area (Å²) in [7, 11) is -2.76. The number of anilines is 1. The quantitative estimate of drug-likeness (QED) is 0.140. The summed E-state index contributed by atoms with van der Waals surface area (Å²) >= 11 is 12.3. The second-order valence-corrected chi connectivity index (χ2v) is 13.4. The molecule has 1 atom stereocenters. The van der Waals surface area contributed by atoms with Crippen molar-refractivity contribution in [3.05, 3.63) is 124 Å². The molecule has 0 fully saturated rings. The number of amides is 2. The lowest BCUT2D eigenvalue weighted by Gasteiger charge is -2.34. The van der Waals surface area contributed by atoms with Crippen molar-refractivity contribution in [3.63, 3.8) is 0 Å². The van der Waals surface area contributed by atoms with E-state index in [4.69, 9.17) is 27.9 Å². The SMILES string of the molecule is CCCCNC(=O)[C@H](Cc1ccccc1)N(Cc1ccc(Cl)cc1)C(=O)CN(c1ccc(Cl)cc1)S(=O)(=O)c1ccc(OC)cc1. The molecule has 4 aromatic rings. The zero-order valence-corrected chi connectivity index (χ0v) is 28.1. The Labute approximate surface area is 280 Å². The lowest BCUT2D eigenvalue weighted by atomic mass is 10.0. The molecule has 0 aliphatic heterocycles. The number of sulfonamides is 1. The van der Waals surface area contributed by atoms with Gasteiger partial charge in [-0.15, -0.1) is 0 Å². The number of nitrogens with zero attached hydrogens (tertiary/aromatic N) is 2. The van der Waals surface area contributed by atoms with Gasteiger partial charge in [-0.2, -0.15) is 0 Å². The number of benzene rings is 4. The maximum Gasteiger partial charge on any atom is 0.264 e. The molecule has 0 bridgehead atoms. The van der Waals surface area contributed by atoms with Crippen LogP contribution in [0.4, 0.5) is 5.69 Å². The van der Waals surface area contributed by atoms with Crippen molar-refractivity contribution in [3.8, 4) is 5.75 Å². The highest BCUT2D eigenvalue weighted by Gasteiger charge is 2.34. The first-order chi connectivity index (χ1) is 22.1. The molecule has 0 unspecified atom stereocenters. The molecule has 0 spiro atoms. The van der Waals surface area contributed by atoms with E-state index in [0.717, 1.165) is 28.3 Å². The molecule has 11 heteroatoms. The number of carbonyl (C=O) groups excluding carboxylic acids is 2. The van der Waals surface area contributed by atoms with Gasteiger partial charge in [0.2, 0.25) is 11.8 Å². The molecule has 0 aliphatic carbocycles. The molecule has 8 nitrogen and oxygen atoms in total. The van der Waals surface area contributed by atoms with E-state index in [1.54, 1.807) is 48.5 Å². The average molecular weight is 683 g/mol. The number of methoxy groups -OCH3 is 1. The van der Waals surface area contributed by atoms with E-state index < -0.39 is 28.5 Å². The molecule has 242 valence electrons. The van der Waals surface area contributed by atoms with Crippen LogP contribution in [0.25, 0.3) is 0 Å². The van der Waals surface area contributed by atoms with Crippen LogP contribution in [-0.2, 0) is 32.6 Å². The largest absolute Gasteiger partial charge is 0.497 e. The van der Waals surface area contributed by atoms with Gasteiger partial charge in [-0.3, -0.25) is 13.9 Å². The van der Waals surface area contributed by atoms with Crippen LogP contribution in [0.15, 0.2) is 108 Å². The fraction of sp³-hybridized carbons (Fsp3) is 0.257. The van der Waals surface area contributed by atoms with E-state index in [-0.39, 0.29) is 29.5 Å². The topological polar surface area (TPSA) is 96.0 Å². The zero-order chi connectivity index (χ0) is 33.1. The summed E-state index contributed by atoms with van der Waals surface area (Å²) in [5, 5.41) is 3.92. The summed E-state index contributed by atoms with van der Waals surface area (Å²) < 4.78 is 34.5. The summed E-state index contributed by atoms with van der Waals surface area (Å²) in [5.41, 5.74) is 1.83. The number of nitrogens with one attached hydrogen (secondary N) is 1. The summed E-state index contributed by atoms with van der Waals surface area (Å²) in [6.07, 6.45) is 1.89. The molecule has 0 heterocycles. The third-order valence-corrected chi connectivity index (χ3v) is 9.70. The molecule has 0 aliphatic rings. The van der Waals surface area contributed by atoms with E-state index in [1.807, 2.05) is 37.3 Å². The number of halogens is 2. The molecular formula is C35H37Cl2N3O5S. The predicted octanol–water partition coefficient (Wildman–Crippen LogP) is 6.75. The van der Waals surface area contributed by atoms with Crippen LogP contribution in [0.3, 0.4) is 0 Å². The van der Waals surface area contributed by atoms with Crippen molar-refractivity contribution in [1.29, 1.82) is 0 Å². The molecule has 0 saturated carbocycles. The molecule has 0 radical (unpaired) electrons. The molecular weight excluding hydrogens is 645 g/mol. The standard InChI is InChI=1S/C35H37Cl2N3O5S/c1-3-4-22-38-35(42)33(23-26-8-6-5-7-9-26)39(24-27-10-12-28(36)13-11-27)34(41)25-40(30-16-14-29(37)15-17-30)46(43,44)32-20-18-31(45-2)19-21-32/h5-21,33H,3-4,22-25H2,1-2H3,(H,38,42)/t33-/m0/s1. The predicted molar refractivity (Wildman–Crippen MR) is 183 cm³/mol. The van der Waals surface area contributed by atoms with Crippen molar-refractivity contribution in [2.45, 2.75) is 43.7 Å². The smallest absolute Gasteiger partial charge is 0.264 e. The van der Waals surface area contributed by atoms with Crippen LogP contribution >= 0.6 is 23.2 Å². The summed E-state index contributed by atoms with van der Waals surface area (Å²) in [4.78, 5) is 29.7. The number of carbonyl (C=O) groups is 2. The zero-order valence-electron chi connectivity index (χ0n) is 25.7. The van der Waals surface area contributed by atoms with Gasteiger partial charge < -0.3 is 15.0 Å². The highest BCUT2D eigenvalue weighted by molar-refractivity contribution is 7.92. The van der Waals surface area contributed by atoms with Crippen LogP contribution in [0.1, 0.15) is 30.9 Å². The molecule has 0 saturated heterocycles. The lowest BCUT2D eigenvalue weighted by Crippen LogP contribution is -2.53. The molecule has 46 heavy (non-hydrogen) atoms. The van der Waals surface area contributed by atoms with Crippen molar-refractivity contribution < 1.29 is 22.7 Å². The first-order valence-electron chi connectivity index (χ1n) is 14.9. The molecule has 4 aromatic carbocycles. The monoisotopic (exact) mass is 681 g/mol. The molecule has 2 amide bonds. The number of hydrogen-bond acceptors (Lipinski definition) is 5. The number of rotatable bonds is 15. The summed E-state index contributed by atoms with van der Waals surface area (Å²) in [6, 6.07) is 27.6. The summed E-state index contributed by atoms with van der Waals surface area (Å²) in [5.74, 6) is -0.399. The van der Waals surface area contributed by atoms with Gasteiger partial charge in [-0.1, -0.05) is 79.0 Å². The van der Waals surface area contributed by atoms with Gasteiger partial charge in [0.25, 0.3) is 10.0 Å². The van der Waals surface area contributed by atoms with Crippen LogP contribution in [0.5, 0.6) is 5.75 Å². The van der Waals surface area contributed by atoms with Gasteiger partial charge in [0.05, 0.1) is 17.7 Å². The van der Waals surface area contributed by atoms with Crippen LogP contribution in [-0.4, -0.2) is 51.4 Å². The minimum atomic E-state index is -4.25. The highest BCUT2D eigenvalue weighted by Crippen LogP contribution is 2.27. The Hall–Kier alpha value is -4.05. The third-order valence-electron chi connectivity index (χ3n) is 7.41. The minimum Gasteiger partial charge on any atom is -0.497 e. The van der Waals surface area contributed by atoms with Gasteiger partial charge >= 0.3 is 0 Å². The van der Waals surface area contributed by atoms with Crippen LogP contribution in [0.2, 0.25) is 10.0 Å². The van der Waals surface area contributed by atoms with Gasteiger partial charge in [-0.05, 0) is 78.2 Å². The van der Waals surface area contributed by atoms with Crippen molar-refractivity contribution in [2.24, 2.45) is 0 Å². The second kappa shape index (κ2) is 16.5. The normalized spacial score (nSPS) is 11.8. The van der Waals surface area contributed by atoms with Gasteiger partial charge in [0.15, 0.2) is 0 Å². The van der Waals surface area contributed by atoms with Crippen molar-refractivity contribution in [2.75, 3.05) is 24.5 Å². The van der Waals surface area contributed by atoms with Gasteiger partial charge in [0.1, 0.15) is 18.3 Å². The van der Waals surface area contributed by atoms with Gasteiger partial charge in [-0.25, -0.2) is 8.42 Å². The Morgan fingerprint density at radius 3 is 2.02 bits per heavy atom. The lowest BCUT2D eigenvalue weighted by molar-refractivity contribution is -0.140. The molecule has 4 rings (SSSR count). The first-order valence-corrected chi connectivity index (χ1v) is 17.1. The van der Waals surface area contributed by atoms with Crippen molar-refractivity contribution >= 4 is 50.7 Å². The first kappa shape index (κ1) is 34.8. The van der Waals surface area contributed by atoms with Crippen LogP contribution in [0, 0.1) is 0 Å². The Morgan fingerprint density at radius 1 is 0.826 bits per heavy atom. The van der Waals surface area contributed by atoms with E-state index in [2.05, 4.69) is 5.32 Å². The Balaban J connectivity index is 1.78. The maximum atomic E-state index is 14.5. The Kier molecular flexibility index (Phi) is 12.5. The molecule has 0 aromatic heterocycles. The number of unbranched alkanes of at least 4 members (excludes halogenated alkanes) is 1. The number of ether oxygens (including phenoxy) is 1. The van der Waals surface area contributed by atoms with E-state index in [9.17, 15) is 18.0 Å². The Bertz CT molecular complexity index is 1690. The van der Waals surface area contributed by atoms with E-state index >= 15 is 0 Å². The van der Waals surface area contributed by atoms with Gasteiger partial charge in [0, 0.05) is 29.6 Å². The summed E-state index contributed by atoms with van der Waals surface area (Å²) in [6.45, 7) is 1.95. The highest BCUT2D eigenvalue weighted by atomic mass is 35.5. The number of hydrogen-bond donors (Lipinski definition) is 1. The second-order valence-electron chi connectivity index (χ2n) is 10.7. The third kappa shape index (κ3) is 9.25. The minimum absolute atomic E-state index is 0.0292. The molecule has 1 N–H and O–H groups in total. The van der Waals surface area contributed by atoms with Crippen LogP contribution < -0.4 is 14.4 Å². The Morgan fingerprint density at radius 2 is 1.43 bits per heavy atom. The fourth-order valence-electron chi connectivity index (χ4n) is 4.86. The average Bonchev–Trinajstić information content (AvgIpc) is 3.07.